The summed E-state index contributed by atoms with van der Waals surface area (Å²) >= 11 is 0. The predicted molar refractivity (Wildman–Crippen MR) is 82.8 cm³/mol. The smallest absolute Gasteiger partial charge is 0.223 e. The molecule has 0 heterocycles. The number of hydrogen-bond donors (Lipinski definition) is 1. The van der Waals surface area contributed by atoms with Crippen LogP contribution in [-0.4, -0.2) is 20.1 Å². The molecule has 1 aliphatic carbocycles. The fraction of sp³-hybridized carbons (Fsp3) is 0.588. The molecule has 21 heavy (non-hydrogen) atoms. The number of hydrogen-bond acceptors (Lipinski definition) is 3. The summed E-state index contributed by atoms with van der Waals surface area (Å²) < 4.78 is 10.7. The molecule has 116 valence electrons. The van der Waals surface area contributed by atoms with E-state index in [-0.39, 0.29) is 17.9 Å². The summed E-state index contributed by atoms with van der Waals surface area (Å²) in [6.07, 6.45) is 3.67. The minimum atomic E-state index is 0.0907. The number of methoxy groups -OCH3 is 2. The van der Waals surface area contributed by atoms with Crippen LogP contribution in [0.3, 0.4) is 0 Å². The normalized spacial score (nSPS) is 16.7. The molecule has 1 aliphatic rings. The molecular formula is C17H25NO3. The molecule has 1 atom stereocenters. The lowest BCUT2D eigenvalue weighted by Gasteiger charge is -2.19. The molecule has 1 N–H and O–H groups in total. The van der Waals surface area contributed by atoms with Crippen molar-refractivity contribution < 1.29 is 14.3 Å². The maximum atomic E-state index is 12.3. The van der Waals surface area contributed by atoms with Crippen molar-refractivity contribution >= 4 is 5.91 Å². The summed E-state index contributed by atoms with van der Waals surface area (Å²) in [5.74, 6) is 1.74. The minimum Gasteiger partial charge on any atom is -0.493 e. The fourth-order valence-electron chi connectivity index (χ4n) is 3.03. The topological polar surface area (TPSA) is 47.6 Å². The molecule has 0 radical (unpaired) electrons. The Morgan fingerprint density at radius 1 is 1.24 bits per heavy atom. The number of nitrogens with one attached hydrogen (secondary N) is 1. The molecule has 0 spiro atoms. The average Bonchev–Trinajstić information content (AvgIpc) is 2.89. The van der Waals surface area contributed by atoms with Gasteiger partial charge in [-0.1, -0.05) is 13.8 Å². The molecule has 0 bridgehead atoms. The number of carbonyl (C=O) groups is 1. The lowest BCUT2D eigenvalue weighted by Crippen LogP contribution is -2.32. The third-order valence-electron chi connectivity index (χ3n) is 4.40. The van der Waals surface area contributed by atoms with Crippen LogP contribution in [0.2, 0.25) is 0 Å². The molecule has 4 nitrogen and oxygen atoms in total. The van der Waals surface area contributed by atoms with Crippen LogP contribution in [0.1, 0.15) is 50.3 Å². The molecule has 0 saturated heterocycles. The SMILES string of the molecule is CCC(CC)C(=O)NC1CCc2cc(OC)c(OC)cc21. The summed E-state index contributed by atoms with van der Waals surface area (Å²) in [7, 11) is 3.28. The molecule has 0 fully saturated rings. The standard InChI is InChI=1S/C17H25NO3/c1-5-11(6-2)17(19)18-14-8-7-12-9-15(20-3)16(21-4)10-13(12)14/h9-11,14H,5-8H2,1-4H3,(H,18,19). The zero-order valence-corrected chi connectivity index (χ0v) is 13.4. The highest BCUT2D eigenvalue weighted by atomic mass is 16.5. The summed E-state index contributed by atoms with van der Waals surface area (Å²) in [6.45, 7) is 4.12. The van der Waals surface area contributed by atoms with E-state index >= 15 is 0 Å². The van der Waals surface area contributed by atoms with Gasteiger partial charge >= 0.3 is 0 Å². The molecule has 1 unspecified atom stereocenters. The van der Waals surface area contributed by atoms with E-state index < -0.39 is 0 Å². The van der Waals surface area contributed by atoms with Crippen LogP contribution >= 0.6 is 0 Å². The monoisotopic (exact) mass is 291 g/mol. The third kappa shape index (κ3) is 3.14. The first kappa shape index (κ1) is 15.7. The molecule has 1 aromatic rings. The van der Waals surface area contributed by atoms with Crippen LogP contribution in [0.25, 0.3) is 0 Å². The second kappa shape index (κ2) is 6.83. The van der Waals surface area contributed by atoms with E-state index in [4.69, 9.17) is 9.47 Å². The van der Waals surface area contributed by atoms with Gasteiger partial charge in [0.05, 0.1) is 20.3 Å². The number of rotatable bonds is 6. The van der Waals surface area contributed by atoms with Gasteiger partial charge in [0.25, 0.3) is 0 Å². The van der Waals surface area contributed by atoms with Crippen LogP contribution in [0.5, 0.6) is 11.5 Å². The fourth-order valence-corrected chi connectivity index (χ4v) is 3.03. The highest BCUT2D eigenvalue weighted by Crippen LogP contribution is 2.39. The maximum Gasteiger partial charge on any atom is 0.223 e. The molecule has 0 saturated carbocycles. The van der Waals surface area contributed by atoms with Crippen molar-refractivity contribution in [2.24, 2.45) is 5.92 Å². The van der Waals surface area contributed by atoms with Crippen molar-refractivity contribution in [3.63, 3.8) is 0 Å². The van der Waals surface area contributed by atoms with E-state index in [9.17, 15) is 4.79 Å². The highest BCUT2D eigenvalue weighted by Gasteiger charge is 2.27. The first-order chi connectivity index (χ1) is 10.1. The van der Waals surface area contributed by atoms with Crippen LogP contribution < -0.4 is 14.8 Å². The average molecular weight is 291 g/mol. The summed E-state index contributed by atoms with van der Waals surface area (Å²) in [6, 6.07) is 4.11. The molecule has 2 rings (SSSR count). The van der Waals surface area contributed by atoms with Crippen molar-refractivity contribution in [3.8, 4) is 11.5 Å². The Hall–Kier alpha value is -1.71. The number of carbonyl (C=O) groups excluding carboxylic acids is 1. The lowest BCUT2D eigenvalue weighted by molar-refractivity contribution is -0.126. The Morgan fingerprint density at radius 3 is 2.43 bits per heavy atom. The first-order valence-corrected chi connectivity index (χ1v) is 7.69. The van der Waals surface area contributed by atoms with Gasteiger partial charge in [-0.25, -0.2) is 0 Å². The lowest BCUT2D eigenvalue weighted by atomic mass is 10.0. The van der Waals surface area contributed by atoms with Crippen LogP contribution in [0.15, 0.2) is 12.1 Å². The van der Waals surface area contributed by atoms with E-state index in [2.05, 4.69) is 19.2 Å². The van der Waals surface area contributed by atoms with E-state index in [1.807, 2.05) is 12.1 Å². The number of ether oxygens (including phenoxy) is 2. The van der Waals surface area contributed by atoms with E-state index in [1.54, 1.807) is 14.2 Å². The molecule has 0 aromatic heterocycles. The highest BCUT2D eigenvalue weighted by molar-refractivity contribution is 5.79. The maximum absolute atomic E-state index is 12.3. The van der Waals surface area contributed by atoms with E-state index in [1.165, 1.54) is 5.56 Å². The minimum absolute atomic E-state index is 0.0907. The summed E-state index contributed by atoms with van der Waals surface area (Å²) in [5, 5.41) is 3.19. The Labute approximate surface area is 126 Å². The number of aryl methyl sites for hydroxylation is 1. The number of amides is 1. The largest absolute Gasteiger partial charge is 0.493 e. The second-order valence-corrected chi connectivity index (χ2v) is 5.52. The molecule has 1 aromatic carbocycles. The van der Waals surface area contributed by atoms with E-state index in [0.717, 1.165) is 42.7 Å². The Morgan fingerprint density at radius 2 is 1.86 bits per heavy atom. The molecule has 1 amide bonds. The summed E-state index contributed by atoms with van der Waals surface area (Å²) in [5.41, 5.74) is 2.40. The van der Waals surface area contributed by atoms with Crippen molar-refractivity contribution in [2.75, 3.05) is 14.2 Å². The summed E-state index contributed by atoms with van der Waals surface area (Å²) in [4.78, 5) is 12.3. The van der Waals surface area contributed by atoms with Gasteiger partial charge in [0, 0.05) is 5.92 Å². The first-order valence-electron chi connectivity index (χ1n) is 7.69. The number of benzene rings is 1. The number of fused-ring (bicyclic) bond motifs is 1. The second-order valence-electron chi connectivity index (χ2n) is 5.52. The molecule has 4 heteroatoms. The van der Waals surface area contributed by atoms with Gasteiger partial charge in [-0.3, -0.25) is 4.79 Å². The van der Waals surface area contributed by atoms with Crippen LogP contribution in [-0.2, 0) is 11.2 Å². The van der Waals surface area contributed by atoms with Crippen molar-refractivity contribution in [2.45, 2.75) is 45.6 Å². The zero-order chi connectivity index (χ0) is 15.4. The zero-order valence-electron chi connectivity index (χ0n) is 13.4. The predicted octanol–water partition coefficient (Wildman–Crippen LogP) is 3.24. The van der Waals surface area contributed by atoms with Gasteiger partial charge < -0.3 is 14.8 Å². The molecule has 0 aliphatic heterocycles. The Bertz CT molecular complexity index is 509. The van der Waals surface area contributed by atoms with Crippen LogP contribution in [0.4, 0.5) is 0 Å². The van der Waals surface area contributed by atoms with Gasteiger partial charge in [0.15, 0.2) is 11.5 Å². The molecular weight excluding hydrogens is 266 g/mol. The van der Waals surface area contributed by atoms with Crippen molar-refractivity contribution in [3.05, 3.63) is 23.3 Å². The van der Waals surface area contributed by atoms with Gasteiger partial charge in [-0.2, -0.15) is 0 Å². The quantitative estimate of drug-likeness (QED) is 0.875. The van der Waals surface area contributed by atoms with Gasteiger partial charge in [0.1, 0.15) is 0 Å². The van der Waals surface area contributed by atoms with Gasteiger partial charge in [0.2, 0.25) is 5.91 Å². The van der Waals surface area contributed by atoms with Crippen molar-refractivity contribution in [1.82, 2.24) is 5.32 Å². The van der Waals surface area contributed by atoms with Gasteiger partial charge in [-0.15, -0.1) is 0 Å². The van der Waals surface area contributed by atoms with Crippen molar-refractivity contribution in [1.29, 1.82) is 0 Å². The van der Waals surface area contributed by atoms with E-state index in [0.29, 0.717) is 0 Å². The van der Waals surface area contributed by atoms with Crippen LogP contribution in [0, 0.1) is 5.92 Å². The Kier molecular flexibility index (Phi) is 5.10. The van der Waals surface area contributed by atoms with Gasteiger partial charge in [-0.05, 0) is 48.9 Å². The third-order valence-corrected chi connectivity index (χ3v) is 4.40. The Balaban J connectivity index is 2.19.